The fourth-order valence-corrected chi connectivity index (χ4v) is 2.98. The van der Waals surface area contributed by atoms with E-state index < -0.39 is 11.9 Å². The van der Waals surface area contributed by atoms with Crippen LogP contribution in [0.5, 0.6) is 0 Å². The number of ether oxygens (including phenoxy) is 3. The van der Waals surface area contributed by atoms with Crippen LogP contribution >= 0.6 is 0 Å². The summed E-state index contributed by atoms with van der Waals surface area (Å²) in [7, 11) is 2.46. The standard InChI is InChI=1S/C18H19N3O6/c1-11-19-8-15(22)21(11)13-6-4-5-12(7-13)20-10-27-9-14(17(23)25-2)16(20)18(24)26-3/h4-7H,8-10H2,1-3H3. The van der Waals surface area contributed by atoms with Gasteiger partial charge in [-0.05, 0) is 25.1 Å². The van der Waals surface area contributed by atoms with E-state index in [1.165, 1.54) is 24.0 Å². The molecule has 3 rings (SSSR count). The van der Waals surface area contributed by atoms with Gasteiger partial charge in [-0.3, -0.25) is 14.7 Å². The van der Waals surface area contributed by atoms with Crippen LogP contribution in [0.4, 0.5) is 11.4 Å². The highest BCUT2D eigenvalue weighted by Gasteiger charge is 2.33. The van der Waals surface area contributed by atoms with Gasteiger partial charge < -0.3 is 19.1 Å². The molecule has 2 heterocycles. The average molecular weight is 373 g/mol. The van der Waals surface area contributed by atoms with E-state index >= 15 is 0 Å². The highest BCUT2D eigenvalue weighted by molar-refractivity contribution is 6.20. The zero-order valence-corrected chi connectivity index (χ0v) is 15.2. The summed E-state index contributed by atoms with van der Waals surface area (Å²) in [5.74, 6) is -0.905. The lowest BCUT2D eigenvalue weighted by Crippen LogP contribution is -2.39. The Morgan fingerprint density at radius 1 is 1.15 bits per heavy atom. The lowest BCUT2D eigenvalue weighted by atomic mass is 10.1. The van der Waals surface area contributed by atoms with Crippen LogP contribution in [0.15, 0.2) is 40.5 Å². The second-order valence-electron chi connectivity index (χ2n) is 5.83. The zero-order valence-electron chi connectivity index (χ0n) is 15.2. The molecule has 0 bridgehead atoms. The van der Waals surface area contributed by atoms with E-state index in [0.29, 0.717) is 17.2 Å². The predicted molar refractivity (Wildman–Crippen MR) is 96.3 cm³/mol. The summed E-state index contributed by atoms with van der Waals surface area (Å²) in [6, 6.07) is 6.96. The topological polar surface area (TPSA) is 97.7 Å². The molecule has 0 spiro atoms. The van der Waals surface area contributed by atoms with Crippen molar-refractivity contribution in [2.75, 3.05) is 43.9 Å². The van der Waals surface area contributed by atoms with Gasteiger partial charge in [-0.25, -0.2) is 9.59 Å². The summed E-state index contributed by atoms with van der Waals surface area (Å²) in [6.45, 7) is 1.82. The summed E-state index contributed by atoms with van der Waals surface area (Å²) in [4.78, 5) is 43.7. The molecule has 0 aliphatic carbocycles. The number of hydrogen-bond donors (Lipinski definition) is 0. The second kappa shape index (κ2) is 7.58. The maximum absolute atomic E-state index is 12.4. The van der Waals surface area contributed by atoms with Crippen LogP contribution in [0.25, 0.3) is 0 Å². The molecule has 0 fully saturated rings. The van der Waals surface area contributed by atoms with E-state index in [9.17, 15) is 14.4 Å². The van der Waals surface area contributed by atoms with Gasteiger partial charge in [0.25, 0.3) is 5.91 Å². The van der Waals surface area contributed by atoms with Crippen LogP contribution < -0.4 is 9.80 Å². The summed E-state index contributed by atoms with van der Waals surface area (Å²) >= 11 is 0. The van der Waals surface area contributed by atoms with Crippen molar-refractivity contribution < 1.29 is 28.6 Å². The molecule has 27 heavy (non-hydrogen) atoms. The Morgan fingerprint density at radius 2 is 1.85 bits per heavy atom. The molecule has 0 saturated carbocycles. The number of nitrogens with zero attached hydrogens (tertiary/aromatic N) is 3. The van der Waals surface area contributed by atoms with Crippen LogP contribution in [0, 0.1) is 0 Å². The lowest BCUT2D eigenvalue weighted by molar-refractivity contribution is -0.140. The van der Waals surface area contributed by atoms with Gasteiger partial charge in [0.05, 0.1) is 32.1 Å². The molecule has 1 aromatic carbocycles. The minimum absolute atomic E-state index is 0.0371. The predicted octanol–water partition coefficient (Wildman–Crippen LogP) is 0.846. The van der Waals surface area contributed by atoms with Gasteiger partial charge in [-0.15, -0.1) is 0 Å². The van der Waals surface area contributed by atoms with Crippen molar-refractivity contribution in [2.45, 2.75) is 6.92 Å². The minimum atomic E-state index is -0.681. The Balaban J connectivity index is 2.05. The molecule has 9 nitrogen and oxygen atoms in total. The maximum Gasteiger partial charge on any atom is 0.355 e. The van der Waals surface area contributed by atoms with Gasteiger partial charge in [0.2, 0.25) is 0 Å². The highest BCUT2D eigenvalue weighted by atomic mass is 16.5. The number of esters is 2. The van der Waals surface area contributed by atoms with Crippen molar-refractivity contribution in [3.8, 4) is 0 Å². The second-order valence-corrected chi connectivity index (χ2v) is 5.83. The molecular formula is C18H19N3O6. The van der Waals surface area contributed by atoms with E-state index in [1.54, 1.807) is 31.2 Å². The van der Waals surface area contributed by atoms with Gasteiger partial charge in [0, 0.05) is 5.69 Å². The quantitative estimate of drug-likeness (QED) is 0.722. The number of benzene rings is 1. The smallest absolute Gasteiger partial charge is 0.355 e. The van der Waals surface area contributed by atoms with Crippen LogP contribution in [0.3, 0.4) is 0 Å². The van der Waals surface area contributed by atoms with Crippen LogP contribution in [0.1, 0.15) is 6.92 Å². The first-order valence-corrected chi connectivity index (χ1v) is 8.17. The minimum Gasteiger partial charge on any atom is -0.466 e. The number of carbonyl (C=O) groups is 3. The van der Waals surface area contributed by atoms with Crippen molar-refractivity contribution in [3.05, 3.63) is 35.5 Å². The van der Waals surface area contributed by atoms with Gasteiger partial charge >= 0.3 is 11.9 Å². The first-order valence-electron chi connectivity index (χ1n) is 8.17. The third kappa shape index (κ3) is 3.41. The number of carbonyl (C=O) groups excluding carboxylic acids is 3. The number of amides is 1. The summed E-state index contributed by atoms with van der Waals surface area (Å²) in [5, 5.41) is 0. The van der Waals surface area contributed by atoms with E-state index in [1.807, 2.05) is 0 Å². The molecule has 0 radical (unpaired) electrons. The van der Waals surface area contributed by atoms with Crippen molar-refractivity contribution in [1.82, 2.24) is 0 Å². The van der Waals surface area contributed by atoms with Gasteiger partial charge in [0.1, 0.15) is 24.8 Å². The fraction of sp³-hybridized carbons (Fsp3) is 0.333. The number of hydrogen-bond acceptors (Lipinski definition) is 8. The summed E-state index contributed by atoms with van der Waals surface area (Å²) in [5.41, 5.74) is 1.27. The molecule has 0 unspecified atom stereocenters. The molecular weight excluding hydrogens is 354 g/mol. The first kappa shape index (κ1) is 18.6. The number of aliphatic imine (C=N–C) groups is 1. The van der Waals surface area contributed by atoms with Crippen LogP contribution in [0.2, 0.25) is 0 Å². The third-order valence-corrected chi connectivity index (χ3v) is 4.25. The monoisotopic (exact) mass is 373 g/mol. The fourth-order valence-electron chi connectivity index (χ4n) is 2.98. The Kier molecular flexibility index (Phi) is 5.22. The molecule has 2 aliphatic rings. The number of rotatable bonds is 4. The van der Waals surface area contributed by atoms with Gasteiger partial charge in [-0.2, -0.15) is 0 Å². The van der Waals surface area contributed by atoms with E-state index in [0.717, 1.165) is 0 Å². The summed E-state index contributed by atoms with van der Waals surface area (Å²) in [6.07, 6.45) is 0. The average Bonchev–Trinajstić information content (AvgIpc) is 3.04. The molecule has 0 atom stereocenters. The molecule has 0 N–H and O–H groups in total. The SMILES string of the molecule is COC(=O)C1=C(C(=O)OC)N(c2cccc(N3C(=O)CN=C3C)c2)COC1. The van der Waals surface area contributed by atoms with Crippen LogP contribution in [-0.4, -0.2) is 57.8 Å². The van der Waals surface area contributed by atoms with Crippen molar-refractivity contribution >= 4 is 35.1 Å². The molecule has 0 aromatic heterocycles. The largest absolute Gasteiger partial charge is 0.466 e. The Labute approximate surface area is 155 Å². The number of amidine groups is 1. The highest BCUT2D eigenvalue weighted by Crippen LogP contribution is 2.30. The molecule has 0 saturated heterocycles. The zero-order chi connectivity index (χ0) is 19.6. The lowest BCUT2D eigenvalue weighted by Gasteiger charge is -2.31. The first-order chi connectivity index (χ1) is 13.0. The van der Waals surface area contributed by atoms with E-state index in [-0.39, 0.29) is 37.1 Å². The Morgan fingerprint density at radius 3 is 2.48 bits per heavy atom. The van der Waals surface area contributed by atoms with E-state index in [2.05, 4.69) is 4.99 Å². The molecule has 9 heteroatoms. The van der Waals surface area contributed by atoms with Gasteiger partial charge in [-0.1, -0.05) is 6.07 Å². The van der Waals surface area contributed by atoms with Crippen molar-refractivity contribution in [3.63, 3.8) is 0 Å². The Hall–Kier alpha value is -3.20. The van der Waals surface area contributed by atoms with Crippen molar-refractivity contribution in [2.24, 2.45) is 4.99 Å². The normalized spacial score (nSPS) is 17.1. The molecule has 1 amide bonds. The van der Waals surface area contributed by atoms with Gasteiger partial charge in [0.15, 0.2) is 0 Å². The maximum atomic E-state index is 12.4. The van der Waals surface area contributed by atoms with Crippen molar-refractivity contribution in [1.29, 1.82) is 0 Å². The van der Waals surface area contributed by atoms with Crippen LogP contribution in [-0.2, 0) is 28.6 Å². The third-order valence-electron chi connectivity index (χ3n) is 4.25. The molecule has 142 valence electrons. The molecule has 1 aromatic rings. The Bertz CT molecular complexity index is 860. The van der Waals surface area contributed by atoms with E-state index in [4.69, 9.17) is 14.2 Å². The number of anilines is 2. The summed E-state index contributed by atoms with van der Waals surface area (Å²) < 4.78 is 15.1. The molecule has 2 aliphatic heterocycles. The number of methoxy groups -OCH3 is 2.